The van der Waals surface area contributed by atoms with Gasteiger partial charge in [0.1, 0.15) is 5.76 Å². The predicted molar refractivity (Wildman–Crippen MR) is 113 cm³/mol. The molecule has 0 saturated carbocycles. The predicted octanol–water partition coefficient (Wildman–Crippen LogP) is 3.69. The highest BCUT2D eigenvalue weighted by molar-refractivity contribution is 7.89. The number of aryl methyl sites for hydroxylation is 1. The normalized spacial score (nSPS) is 17.6. The smallest absolute Gasteiger partial charge is 0.243 e. The van der Waals surface area contributed by atoms with Crippen LogP contribution in [0.2, 0.25) is 0 Å². The number of anilines is 1. The van der Waals surface area contributed by atoms with Crippen LogP contribution < -0.4 is 5.32 Å². The van der Waals surface area contributed by atoms with Crippen LogP contribution in [-0.4, -0.2) is 36.7 Å². The van der Waals surface area contributed by atoms with Crippen molar-refractivity contribution in [1.82, 2.24) is 9.29 Å². The van der Waals surface area contributed by atoms with Gasteiger partial charge < -0.3 is 9.73 Å². The minimum Gasteiger partial charge on any atom is -0.441 e. The van der Waals surface area contributed by atoms with Crippen molar-refractivity contribution >= 4 is 21.6 Å². The zero-order valence-electron chi connectivity index (χ0n) is 16.6. The first-order valence-electron chi connectivity index (χ1n) is 9.82. The topological polar surface area (TPSA) is 92.5 Å². The van der Waals surface area contributed by atoms with E-state index in [1.165, 1.54) is 4.31 Å². The molecule has 1 amide bonds. The van der Waals surface area contributed by atoms with E-state index in [1.54, 1.807) is 48.7 Å². The number of rotatable bonds is 5. The monoisotopic (exact) mass is 425 g/mol. The van der Waals surface area contributed by atoms with Gasteiger partial charge in [-0.2, -0.15) is 4.31 Å². The van der Waals surface area contributed by atoms with E-state index in [2.05, 4.69) is 10.3 Å². The molecule has 4 rings (SSSR count). The molecule has 1 unspecified atom stereocenters. The van der Waals surface area contributed by atoms with Gasteiger partial charge in [0.15, 0.2) is 0 Å². The number of sulfonamides is 1. The molecule has 2 aromatic carbocycles. The maximum Gasteiger partial charge on any atom is 0.243 e. The largest absolute Gasteiger partial charge is 0.441 e. The summed E-state index contributed by atoms with van der Waals surface area (Å²) < 4.78 is 32.7. The number of hydrogen-bond donors (Lipinski definition) is 1. The lowest BCUT2D eigenvalue weighted by molar-refractivity contribution is -0.120. The molecule has 2 heterocycles. The molecule has 1 atom stereocenters. The summed E-state index contributed by atoms with van der Waals surface area (Å²) in [7, 11) is -3.61. The minimum absolute atomic E-state index is 0.168. The number of benzene rings is 2. The Bertz CT molecular complexity index is 1140. The van der Waals surface area contributed by atoms with Crippen molar-refractivity contribution in [3.63, 3.8) is 0 Å². The van der Waals surface area contributed by atoms with Crippen molar-refractivity contribution < 1.29 is 17.6 Å². The van der Waals surface area contributed by atoms with E-state index < -0.39 is 15.9 Å². The first-order valence-corrected chi connectivity index (χ1v) is 11.3. The van der Waals surface area contributed by atoms with Crippen LogP contribution in [0.3, 0.4) is 0 Å². The minimum atomic E-state index is -3.61. The Morgan fingerprint density at radius 3 is 2.70 bits per heavy atom. The first kappa shape index (κ1) is 20.3. The summed E-state index contributed by atoms with van der Waals surface area (Å²) in [5.74, 6) is 0.594. The second kappa shape index (κ2) is 8.41. The molecule has 1 saturated heterocycles. The zero-order chi connectivity index (χ0) is 21.1. The second-order valence-corrected chi connectivity index (χ2v) is 9.30. The van der Waals surface area contributed by atoms with Crippen LogP contribution in [0.4, 0.5) is 5.69 Å². The molecule has 0 spiro atoms. The molecule has 1 aliphatic heterocycles. The van der Waals surface area contributed by atoms with Crippen LogP contribution in [-0.2, 0) is 14.8 Å². The molecular weight excluding hydrogens is 402 g/mol. The highest BCUT2D eigenvalue weighted by atomic mass is 32.2. The summed E-state index contributed by atoms with van der Waals surface area (Å²) in [5, 5.41) is 2.91. The zero-order valence-corrected chi connectivity index (χ0v) is 17.4. The van der Waals surface area contributed by atoms with Crippen LogP contribution in [0.25, 0.3) is 11.5 Å². The maximum atomic E-state index is 12.9. The van der Waals surface area contributed by atoms with Gasteiger partial charge >= 0.3 is 0 Å². The first-order chi connectivity index (χ1) is 14.4. The molecule has 3 aromatic rings. The van der Waals surface area contributed by atoms with Gasteiger partial charge in [-0.3, -0.25) is 4.79 Å². The number of carbonyl (C=O) groups excluding carboxylic acids is 1. The summed E-state index contributed by atoms with van der Waals surface area (Å²) in [6.45, 7) is 2.40. The van der Waals surface area contributed by atoms with E-state index in [0.29, 0.717) is 36.7 Å². The fourth-order valence-electron chi connectivity index (χ4n) is 3.58. The van der Waals surface area contributed by atoms with Gasteiger partial charge in [-0.05, 0) is 50.1 Å². The summed E-state index contributed by atoms with van der Waals surface area (Å²) >= 11 is 0. The van der Waals surface area contributed by atoms with Crippen LogP contribution in [0.1, 0.15) is 18.6 Å². The van der Waals surface area contributed by atoms with E-state index in [9.17, 15) is 13.2 Å². The molecule has 0 radical (unpaired) electrons. The Morgan fingerprint density at radius 2 is 1.97 bits per heavy atom. The van der Waals surface area contributed by atoms with Crippen LogP contribution in [0, 0.1) is 12.8 Å². The third kappa shape index (κ3) is 4.29. The molecule has 0 aliphatic carbocycles. The average Bonchev–Trinajstić information content (AvgIpc) is 3.21. The number of nitrogens with zero attached hydrogens (tertiary/aromatic N) is 2. The van der Waals surface area contributed by atoms with Crippen LogP contribution in [0.5, 0.6) is 0 Å². The fraction of sp³-hybridized carbons (Fsp3) is 0.273. The lowest BCUT2D eigenvalue weighted by Crippen LogP contribution is -2.43. The van der Waals surface area contributed by atoms with Crippen molar-refractivity contribution in [2.45, 2.75) is 24.7 Å². The van der Waals surface area contributed by atoms with Crippen molar-refractivity contribution in [2.75, 3.05) is 18.4 Å². The number of oxazole rings is 1. The summed E-state index contributed by atoms with van der Waals surface area (Å²) in [6.07, 6.45) is 2.93. The Hall–Kier alpha value is -2.97. The third-order valence-electron chi connectivity index (χ3n) is 5.13. The average molecular weight is 426 g/mol. The van der Waals surface area contributed by atoms with E-state index in [0.717, 1.165) is 5.56 Å². The lowest BCUT2D eigenvalue weighted by atomic mass is 9.98. The van der Waals surface area contributed by atoms with Gasteiger partial charge in [0.25, 0.3) is 0 Å². The standard InChI is InChI=1S/C22H23N3O4S/c1-16-14-23-22(29-16)17-7-5-9-19(13-17)24-21(26)18-8-6-12-25(15-18)30(27,28)20-10-3-2-4-11-20/h2-5,7,9-11,13-14,18H,6,8,12,15H2,1H3,(H,24,26). The van der Waals surface area contributed by atoms with E-state index in [-0.39, 0.29) is 17.3 Å². The molecule has 7 nitrogen and oxygen atoms in total. The number of amides is 1. The van der Waals surface area contributed by atoms with Gasteiger partial charge in [0.05, 0.1) is 17.0 Å². The van der Waals surface area contributed by atoms with Crippen LogP contribution >= 0.6 is 0 Å². The molecule has 1 aliphatic rings. The van der Waals surface area contributed by atoms with E-state index in [1.807, 2.05) is 19.1 Å². The van der Waals surface area contributed by atoms with Crippen molar-refractivity contribution in [3.8, 4) is 11.5 Å². The van der Waals surface area contributed by atoms with Gasteiger partial charge in [-0.25, -0.2) is 13.4 Å². The molecule has 30 heavy (non-hydrogen) atoms. The van der Waals surface area contributed by atoms with E-state index in [4.69, 9.17) is 4.42 Å². The van der Waals surface area contributed by atoms with E-state index >= 15 is 0 Å². The lowest BCUT2D eigenvalue weighted by Gasteiger charge is -2.31. The molecule has 156 valence electrons. The highest BCUT2D eigenvalue weighted by Crippen LogP contribution is 2.26. The molecule has 0 bridgehead atoms. The van der Waals surface area contributed by atoms with Gasteiger partial charge in [-0.1, -0.05) is 24.3 Å². The van der Waals surface area contributed by atoms with Crippen molar-refractivity contribution in [1.29, 1.82) is 0 Å². The number of carbonyl (C=O) groups is 1. The summed E-state index contributed by atoms with van der Waals surface area (Å²) in [5.41, 5.74) is 1.38. The quantitative estimate of drug-likeness (QED) is 0.673. The van der Waals surface area contributed by atoms with Gasteiger partial charge in [0.2, 0.25) is 21.8 Å². The number of piperidine rings is 1. The molecule has 1 aromatic heterocycles. The number of aromatic nitrogens is 1. The van der Waals surface area contributed by atoms with Gasteiger partial charge in [0, 0.05) is 24.3 Å². The third-order valence-corrected chi connectivity index (χ3v) is 7.01. The Balaban J connectivity index is 1.46. The summed E-state index contributed by atoms with van der Waals surface area (Å²) in [6, 6.07) is 15.6. The summed E-state index contributed by atoms with van der Waals surface area (Å²) in [4.78, 5) is 17.3. The maximum absolute atomic E-state index is 12.9. The second-order valence-electron chi connectivity index (χ2n) is 7.36. The van der Waals surface area contributed by atoms with Crippen molar-refractivity contribution in [3.05, 3.63) is 66.6 Å². The highest BCUT2D eigenvalue weighted by Gasteiger charge is 2.33. The number of hydrogen-bond acceptors (Lipinski definition) is 5. The SMILES string of the molecule is Cc1cnc(-c2cccc(NC(=O)C3CCCN(S(=O)(=O)c4ccccc4)C3)c2)o1. The fourth-order valence-corrected chi connectivity index (χ4v) is 5.12. The molecule has 8 heteroatoms. The molecular formula is C22H23N3O4S. The van der Waals surface area contributed by atoms with Crippen molar-refractivity contribution in [2.24, 2.45) is 5.92 Å². The Kier molecular flexibility index (Phi) is 5.69. The van der Waals surface area contributed by atoms with Gasteiger partial charge in [-0.15, -0.1) is 0 Å². The number of nitrogens with one attached hydrogen (secondary N) is 1. The molecule has 1 fully saturated rings. The Labute approximate surface area is 175 Å². The van der Waals surface area contributed by atoms with Crippen LogP contribution in [0.15, 0.2) is 70.1 Å². The molecule has 1 N–H and O–H groups in total. The Morgan fingerprint density at radius 1 is 1.17 bits per heavy atom.